The number of likely N-dealkylation sites (tertiary alicyclic amines) is 1. The van der Waals surface area contributed by atoms with Crippen molar-refractivity contribution >= 4 is 29.1 Å². The first-order valence-electron chi connectivity index (χ1n) is 6.39. The number of allylic oxidation sites excluding steroid dienone is 1. The highest BCUT2D eigenvalue weighted by Gasteiger charge is 2.32. The molecule has 0 aliphatic carbocycles. The first kappa shape index (κ1) is 15.2. The third kappa shape index (κ3) is 2.97. The minimum atomic E-state index is -0.596. The average Bonchev–Trinajstić information content (AvgIpc) is 2.47. The van der Waals surface area contributed by atoms with Crippen LogP contribution in [0.2, 0.25) is 5.02 Å². The zero-order valence-electron chi connectivity index (χ0n) is 11.5. The summed E-state index contributed by atoms with van der Waals surface area (Å²) in [5, 5.41) is 6.79. The number of anilines is 1. The number of hydrogen-bond donors (Lipinski definition) is 1. The highest BCUT2D eigenvalue weighted by molar-refractivity contribution is 6.33. The summed E-state index contributed by atoms with van der Waals surface area (Å²) in [5.41, 5.74) is -0.183. The first-order valence-corrected chi connectivity index (χ1v) is 6.77. The molecular formula is C13H15ClN4O3. The van der Waals surface area contributed by atoms with E-state index in [1.54, 1.807) is 0 Å². The quantitative estimate of drug-likeness (QED) is 0.652. The fourth-order valence-corrected chi connectivity index (χ4v) is 2.26. The molecule has 0 bridgehead atoms. The largest absolute Gasteiger partial charge is 0.371 e. The topological polar surface area (TPSA) is 84.3 Å². The minimum Gasteiger partial charge on any atom is -0.371 e. The number of amides is 2. The molecule has 112 valence electrons. The molecule has 0 aromatic carbocycles. The Bertz CT molecular complexity index is 655. The van der Waals surface area contributed by atoms with Gasteiger partial charge in [-0.25, -0.2) is 4.68 Å². The molecule has 0 radical (unpaired) electrons. The number of aromatic nitrogens is 2. The van der Waals surface area contributed by atoms with Crippen LogP contribution < -0.4 is 10.9 Å². The number of carbonyl (C=O) groups is 2. The van der Waals surface area contributed by atoms with Crippen LogP contribution in [0.5, 0.6) is 0 Å². The van der Waals surface area contributed by atoms with Crippen molar-refractivity contribution < 1.29 is 9.59 Å². The maximum absolute atomic E-state index is 12.0. The lowest BCUT2D eigenvalue weighted by atomic mass is 10.0. The lowest BCUT2D eigenvalue weighted by Crippen LogP contribution is -2.48. The number of piperidine rings is 1. The van der Waals surface area contributed by atoms with Gasteiger partial charge >= 0.3 is 0 Å². The lowest BCUT2D eigenvalue weighted by Gasteiger charge is -2.28. The fourth-order valence-electron chi connectivity index (χ4n) is 2.06. The summed E-state index contributed by atoms with van der Waals surface area (Å²) in [6.07, 6.45) is 3.53. The normalized spacial score (nSPS) is 18.8. The van der Waals surface area contributed by atoms with Crippen LogP contribution in [0.3, 0.4) is 0 Å². The molecule has 0 saturated carbocycles. The molecule has 2 heterocycles. The average molecular weight is 311 g/mol. The Kier molecular flexibility index (Phi) is 4.42. The molecular weight excluding hydrogens is 296 g/mol. The molecule has 1 N–H and O–H groups in total. The summed E-state index contributed by atoms with van der Waals surface area (Å²) >= 11 is 6.00. The first-order chi connectivity index (χ1) is 9.95. The van der Waals surface area contributed by atoms with Crippen LogP contribution in [0.4, 0.5) is 5.69 Å². The number of hydrogen-bond acceptors (Lipinski definition) is 5. The van der Waals surface area contributed by atoms with Crippen LogP contribution in [0.15, 0.2) is 23.6 Å². The van der Waals surface area contributed by atoms with Gasteiger partial charge in [-0.2, -0.15) is 5.10 Å². The predicted molar refractivity (Wildman–Crippen MR) is 78.1 cm³/mol. The van der Waals surface area contributed by atoms with E-state index < -0.39 is 11.6 Å². The Morgan fingerprint density at radius 1 is 1.52 bits per heavy atom. The number of imide groups is 1. The van der Waals surface area contributed by atoms with E-state index in [2.05, 4.69) is 17.0 Å². The van der Waals surface area contributed by atoms with Gasteiger partial charge in [0.15, 0.2) is 0 Å². The number of nitrogens with zero attached hydrogens (tertiary/aromatic N) is 3. The Labute approximate surface area is 126 Å². The highest BCUT2D eigenvalue weighted by atomic mass is 35.5. The second-order valence-electron chi connectivity index (χ2n) is 4.67. The smallest absolute Gasteiger partial charge is 0.287 e. The Hall–Kier alpha value is -2.15. The Balaban J connectivity index is 2.22. The molecule has 2 rings (SSSR count). The minimum absolute atomic E-state index is 0.0424. The maximum atomic E-state index is 12.0. The van der Waals surface area contributed by atoms with Gasteiger partial charge < -0.3 is 5.32 Å². The summed E-state index contributed by atoms with van der Waals surface area (Å²) in [4.78, 5) is 36.4. The van der Waals surface area contributed by atoms with Crippen molar-refractivity contribution in [3.05, 3.63) is 34.2 Å². The summed E-state index contributed by atoms with van der Waals surface area (Å²) < 4.78 is 1.17. The summed E-state index contributed by atoms with van der Waals surface area (Å²) in [7, 11) is 1.43. The van der Waals surface area contributed by atoms with Gasteiger partial charge in [-0.3, -0.25) is 19.3 Å². The van der Waals surface area contributed by atoms with E-state index in [0.717, 1.165) is 4.90 Å². The highest BCUT2D eigenvalue weighted by Crippen LogP contribution is 2.21. The maximum Gasteiger partial charge on any atom is 0.287 e. The second kappa shape index (κ2) is 6.09. The van der Waals surface area contributed by atoms with Crippen LogP contribution in [0.1, 0.15) is 12.8 Å². The molecule has 2 amide bonds. The van der Waals surface area contributed by atoms with E-state index in [1.165, 1.54) is 24.0 Å². The van der Waals surface area contributed by atoms with Crippen molar-refractivity contribution in [2.45, 2.75) is 25.4 Å². The molecule has 21 heavy (non-hydrogen) atoms. The van der Waals surface area contributed by atoms with Crippen LogP contribution in [0.25, 0.3) is 0 Å². The van der Waals surface area contributed by atoms with Gasteiger partial charge in [-0.15, -0.1) is 6.58 Å². The van der Waals surface area contributed by atoms with Gasteiger partial charge in [0.1, 0.15) is 11.1 Å². The zero-order valence-corrected chi connectivity index (χ0v) is 12.3. The van der Waals surface area contributed by atoms with Crippen molar-refractivity contribution in [3.63, 3.8) is 0 Å². The van der Waals surface area contributed by atoms with E-state index >= 15 is 0 Å². The molecule has 1 aliphatic heterocycles. The van der Waals surface area contributed by atoms with E-state index in [0.29, 0.717) is 6.42 Å². The molecule has 1 atom stereocenters. The Morgan fingerprint density at radius 3 is 2.90 bits per heavy atom. The van der Waals surface area contributed by atoms with E-state index in [9.17, 15) is 14.4 Å². The van der Waals surface area contributed by atoms with Crippen molar-refractivity contribution in [2.24, 2.45) is 0 Å². The monoisotopic (exact) mass is 310 g/mol. The molecule has 8 heteroatoms. The molecule has 1 aromatic rings. The number of nitrogens with one attached hydrogen (secondary N) is 1. The molecule has 0 spiro atoms. The molecule has 7 nitrogen and oxygen atoms in total. The van der Waals surface area contributed by atoms with Crippen LogP contribution >= 0.6 is 11.6 Å². The molecule has 1 saturated heterocycles. The van der Waals surface area contributed by atoms with Crippen LogP contribution in [0, 0.1) is 0 Å². The van der Waals surface area contributed by atoms with Crippen LogP contribution in [-0.4, -0.2) is 39.6 Å². The predicted octanol–water partition coefficient (Wildman–Crippen LogP) is 0.642. The lowest BCUT2D eigenvalue weighted by molar-refractivity contribution is -0.146. The zero-order chi connectivity index (χ0) is 15.6. The number of halogens is 1. The van der Waals surface area contributed by atoms with E-state index in [4.69, 9.17) is 11.6 Å². The van der Waals surface area contributed by atoms with Gasteiger partial charge in [-0.05, 0) is 6.42 Å². The van der Waals surface area contributed by atoms with Crippen molar-refractivity contribution in [3.8, 4) is 0 Å². The number of carbonyl (C=O) groups excluding carboxylic acids is 2. The number of rotatable bonds is 4. The van der Waals surface area contributed by atoms with Gasteiger partial charge in [-0.1, -0.05) is 17.7 Å². The summed E-state index contributed by atoms with van der Waals surface area (Å²) in [6, 6.07) is -0.596. The van der Waals surface area contributed by atoms with E-state index in [1.807, 2.05) is 0 Å². The third-order valence-corrected chi connectivity index (χ3v) is 3.63. The Morgan fingerprint density at radius 2 is 2.24 bits per heavy atom. The molecule has 1 fully saturated rings. The van der Waals surface area contributed by atoms with Crippen LogP contribution in [-0.2, 0) is 16.1 Å². The third-order valence-electron chi connectivity index (χ3n) is 3.27. The summed E-state index contributed by atoms with van der Waals surface area (Å²) in [5.74, 6) is -0.568. The van der Waals surface area contributed by atoms with Gasteiger partial charge in [0.05, 0.1) is 18.4 Å². The molecule has 1 aliphatic rings. The van der Waals surface area contributed by atoms with Gasteiger partial charge in [0.25, 0.3) is 11.5 Å². The SMILES string of the molecule is C=CCn1ncc(NC2CCC(=O)N(C)C2=O)c(Cl)c1=O. The van der Waals surface area contributed by atoms with Gasteiger partial charge in [0, 0.05) is 13.5 Å². The standard InChI is InChI=1S/C13H15ClN4O3/c1-3-6-18-13(21)11(14)9(7-15-18)16-8-4-5-10(19)17(2)12(8)20/h3,7-8,16H,1,4-6H2,2H3. The molecule has 1 aromatic heterocycles. The number of likely N-dealkylation sites (N-methyl/N-ethyl adjacent to an activating group) is 1. The molecule has 1 unspecified atom stereocenters. The van der Waals surface area contributed by atoms with Crippen molar-refractivity contribution in [1.82, 2.24) is 14.7 Å². The summed E-state index contributed by atoms with van der Waals surface area (Å²) in [6.45, 7) is 3.78. The van der Waals surface area contributed by atoms with Gasteiger partial charge in [0.2, 0.25) is 5.91 Å². The van der Waals surface area contributed by atoms with Crippen molar-refractivity contribution in [2.75, 3.05) is 12.4 Å². The van der Waals surface area contributed by atoms with E-state index in [-0.39, 0.29) is 35.5 Å². The second-order valence-corrected chi connectivity index (χ2v) is 5.05. The van der Waals surface area contributed by atoms with Crippen molar-refractivity contribution in [1.29, 1.82) is 0 Å². The fraction of sp³-hybridized carbons (Fsp3) is 0.385.